The van der Waals surface area contributed by atoms with Crippen LogP contribution in [0.15, 0.2) is 52.3 Å². The van der Waals surface area contributed by atoms with Gasteiger partial charge in [-0.1, -0.05) is 13.0 Å². The molecule has 2 fully saturated rings. The van der Waals surface area contributed by atoms with E-state index in [1.807, 2.05) is 39.1 Å². The minimum Gasteiger partial charge on any atom is -0.501 e. The summed E-state index contributed by atoms with van der Waals surface area (Å²) in [6, 6.07) is 3.68. The summed E-state index contributed by atoms with van der Waals surface area (Å²) in [6.45, 7) is 6.78. The van der Waals surface area contributed by atoms with Crippen molar-refractivity contribution >= 4 is 28.4 Å². The van der Waals surface area contributed by atoms with Crippen molar-refractivity contribution in [1.29, 1.82) is 0 Å². The van der Waals surface area contributed by atoms with Gasteiger partial charge < -0.3 is 19.3 Å². The first-order valence-electron chi connectivity index (χ1n) is 12.8. The van der Waals surface area contributed by atoms with Crippen LogP contribution >= 0.6 is 11.3 Å². The first-order valence-corrected chi connectivity index (χ1v) is 13.7. The number of hydrogen-bond donors (Lipinski definition) is 1. The van der Waals surface area contributed by atoms with Crippen LogP contribution in [-0.4, -0.2) is 79.3 Å². The lowest BCUT2D eigenvalue weighted by Gasteiger charge is -2.36. The molecule has 194 valence electrons. The maximum Gasteiger partial charge on any atom is 0.324 e. The summed E-state index contributed by atoms with van der Waals surface area (Å²) in [7, 11) is 3.50. The van der Waals surface area contributed by atoms with E-state index in [9.17, 15) is 9.59 Å². The smallest absolute Gasteiger partial charge is 0.324 e. The van der Waals surface area contributed by atoms with Crippen molar-refractivity contribution in [3.05, 3.63) is 52.3 Å². The molecule has 8 nitrogen and oxygen atoms in total. The summed E-state index contributed by atoms with van der Waals surface area (Å²) in [6.07, 6.45) is 6.80. The molecule has 1 aromatic rings. The number of rotatable bonds is 4. The molecule has 4 amide bonds. The number of likely N-dealkylation sites (N-methyl/N-ethyl adjacent to an activating group) is 1. The van der Waals surface area contributed by atoms with Crippen molar-refractivity contribution in [1.82, 2.24) is 14.7 Å². The first-order chi connectivity index (χ1) is 17.4. The van der Waals surface area contributed by atoms with Gasteiger partial charge in [0.25, 0.3) is 0 Å². The highest BCUT2D eigenvalue weighted by Crippen LogP contribution is 2.60. The SMILES string of the molecule is CCN1CCN(C(=O)Nc2cccs2)CC/C2=C/[C@H](C)CC3=C(C=C(OC)C4CC34OC)CN2C1=O. The number of nitrogens with one attached hydrogen (secondary N) is 1. The number of ether oxygens (including phenoxy) is 2. The van der Waals surface area contributed by atoms with Crippen LogP contribution in [0.2, 0.25) is 0 Å². The Morgan fingerprint density at radius 3 is 2.81 bits per heavy atom. The fourth-order valence-corrected chi connectivity index (χ4v) is 6.52. The van der Waals surface area contributed by atoms with Gasteiger partial charge in [0.05, 0.1) is 24.6 Å². The van der Waals surface area contributed by atoms with E-state index in [1.165, 1.54) is 16.9 Å². The lowest BCUT2D eigenvalue weighted by Crippen LogP contribution is -2.46. The highest BCUT2D eigenvalue weighted by Gasteiger charge is 2.62. The van der Waals surface area contributed by atoms with Crippen molar-refractivity contribution in [2.75, 3.05) is 52.3 Å². The number of carbonyl (C=O) groups excluding carboxylic acids is 2. The number of fused-ring (bicyclic) bond motifs is 3. The zero-order valence-corrected chi connectivity index (χ0v) is 22.4. The number of carbonyl (C=O) groups is 2. The average molecular weight is 513 g/mol. The van der Waals surface area contributed by atoms with Gasteiger partial charge in [-0.15, -0.1) is 11.3 Å². The third-order valence-electron chi connectivity index (χ3n) is 7.95. The number of nitrogens with zero attached hydrogens (tertiary/aromatic N) is 3. The van der Waals surface area contributed by atoms with E-state index in [1.54, 1.807) is 14.2 Å². The van der Waals surface area contributed by atoms with Crippen molar-refractivity contribution in [3.63, 3.8) is 0 Å². The van der Waals surface area contributed by atoms with E-state index in [0.717, 1.165) is 34.9 Å². The summed E-state index contributed by atoms with van der Waals surface area (Å²) in [5, 5.41) is 5.77. The molecule has 1 N–H and O–H groups in total. The molecule has 3 atom stereocenters. The second-order valence-electron chi connectivity index (χ2n) is 10.0. The van der Waals surface area contributed by atoms with Gasteiger partial charge in [0, 0.05) is 45.4 Å². The molecule has 2 aliphatic heterocycles. The number of methoxy groups -OCH3 is 2. The maximum absolute atomic E-state index is 13.9. The van der Waals surface area contributed by atoms with Crippen LogP contribution in [-0.2, 0) is 9.47 Å². The summed E-state index contributed by atoms with van der Waals surface area (Å²) in [5.41, 5.74) is 3.09. The molecular formula is C27H36N4O4S. The van der Waals surface area contributed by atoms with Crippen molar-refractivity contribution in [2.24, 2.45) is 11.8 Å². The average Bonchev–Trinajstić information content (AvgIpc) is 3.39. The van der Waals surface area contributed by atoms with Gasteiger partial charge in [0.15, 0.2) is 0 Å². The molecular weight excluding hydrogens is 476 g/mol. The van der Waals surface area contributed by atoms with Crippen LogP contribution in [0, 0.1) is 11.8 Å². The van der Waals surface area contributed by atoms with Crippen LogP contribution in [0.4, 0.5) is 14.6 Å². The molecule has 0 spiro atoms. The Labute approximate surface area is 217 Å². The molecule has 5 rings (SSSR count). The zero-order valence-electron chi connectivity index (χ0n) is 21.6. The molecule has 0 aromatic carbocycles. The molecule has 3 heterocycles. The Morgan fingerprint density at radius 2 is 2.11 bits per heavy atom. The van der Waals surface area contributed by atoms with Crippen molar-refractivity contribution in [3.8, 4) is 0 Å². The highest BCUT2D eigenvalue weighted by molar-refractivity contribution is 7.14. The second-order valence-corrected chi connectivity index (χ2v) is 11.0. The zero-order chi connectivity index (χ0) is 25.4. The predicted molar refractivity (Wildman–Crippen MR) is 141 cm³/mol. The molecule has 36 heavy (non-hydrogen) atoms. The van der Waals surface area contributed by atoms with Crippen LogP contribution in [0.1, 0.15) is 33.1 Å². The van der Waals surface area contributed by atoms with E-state index in [4.69, 9.17) is 9.47 Å². The van der Waals surface area contributed by atoms with Crippen molar-refractivity contribution < 1.29 is 19.1 Å². The number of thiophene rings is 1. The summed E-state index contributed by atoms with van der Waals surface area (Å²) in [4.78, 5) is 32.5. The molecule has 1 aromatic heterocycles. The molecule has 2 aliphatic carbocycles. The summed E-state index contributed by atoms with van der Waals surface area (Å²) < 4.78 is 11.8. The van der Waals surface area contributed by atoms with E-state index < -0.39 is 0 Å². The van der Waals surface area contributed by atoms with E-state index in [-0.39, 0.29) is 29.5 Å². The highest BCUT2D eigenvalue weighted by atomic mass is 32.1. The minimum absolute atomic E-state index is 0.0121. The van der Waals surface area contributed by atoms with E-state index in [0.29, 0.717) is 39.1 Å². The van der Waals surface area contributed by atoms with Crippen LogP contribution in [0.5, 0.6) is 0 Å². The Kier molecular flexibility index (Phi) is 6.87. The fourth-order valence-electron chi connectivity index (χ4n) is 5.91. The Bertz CT molecular complexity index is 1110. The lowest BCUT2D eigenvalue weighted by atomic mass is 9.84. The van der Waals surface area contributed by atoms with Crippen LogP contribution in [0.25, 0.3) is 0 Å². The Balaban J connectivity index is 1.46. The van der Waals surface area contributed by atoms with Crippen molar-refractivity contribution in [2.45, 2.75) is 38.7 Å². The predicted octanol–water partition coefficient (Wildman–Crippen LogP) is 4.90. The Hall–Kier alpha value is -2.78. The van der Waals surface area contributed by atoms with Crippen LogP contribution in [0.3, 0.4) is 0 Å². The number of allylic oxidation sites excluding steroid dienone is 1. The Morgan fingerprint density at radius 1 is 1.28 bits per heavy atom. The number of amides is 4. The standard InChI is InChI=1S/C27H36N4O4S/c1-5-29-10-11-30(25(32)28-24-7-6-12-36-24)9-8-20-13-18(2)14-21-19(17-31(20)26(29)33)15-23(34-3)22-16-27(21,22)35-4/h6-7,12-13,15,18,22H,5,8-11,14,16-17H2,1-4H3,(H,28,32)/b20-13-/t18-,22?,27?/m0/s1. The summed E-state index contributed by atoms with van der Waals surface area (Å²) >= 11 is 1.50. The number of anilines is 1. The number of hydrogen-bond acceptors (Lipinski definition) is 5. The molecule has 4 aliphatic rings. The third-order valence-corrected chi connectivity index (χ3v) is 8.73. The molecule has 0 bridgehead atoms. The van der Waals surface area contributed by atoms with Gasteiger partial charge in [0.1, 0.15) is 11.4 Å². The lowest BCUT2D eigenvalue weighted by molar-refractivity contribution is 0.0832. The molecule has 1 saturated carbocycles. The van der Waals surface area contributed by atoms with Gasteiger partial charge in [-0.25, -0.2) is 9.59 Å². The first kappa shape index (κ1) is 24.9. The van der Waals surface area contributed by atoms with Gasteiger partial charge >= 0.3 is 12.1 Å². The van der Waals surface area contributed by atoms with Gasteiger partial charge in [0.2, 0.25) is 0 Å². The van der Waals surface area contributed by atoms with Gasteiger partial charge in [-0.3, -0.25) is 10.2 Å². The monoisotopic (exact) mass is 512 g/mol. The molecule has 1 saturated heterocycles. The summed E-state index contributed by atoms with van der Waals surface area (Å²) in [5.74, 6) is 1.43. The van der Waals surface area contributed by atoms with Gasteiger partial charge in [-0.2, -0.15) is 0 Å². The molecule has 2 unspecified atom stereocenters. The normalized spacial score (nSPS) is 29.8. The largest absolute Gasteiger partial charge is 0.501 e. The maximum atomic E-state index is 13.9. The third kappa shape index (κ3) is 4.43. The molecule has 0 radical (unpaired) electrons. The quantitative estimate of drug-likeness (QED) is 0.623. The van der Waals surface area contributed by atoms with E-state index in [2.05, 4.69) is 24.4 Å². The molecule has 9 heteroatoms. The van der Waals surface area contributed by atoms with Gasteiger partial charge in [-0.05, 0) is 60.4 Å². The minimum atomic E-state index is -0.307. The second kappa shape index (κ2) is 9.94. The topological polar surface area (TPSA) is 74.4 Å². The number of urea groups is 2. The van der Waals surface area contributed by atoms with E-state index >= 15 is 0 Å². The fraction of sp³-hybridized carbons (Fsp3) is 0.556. The van der Waals surface area contributed by atoms with Crippen LogP contribution < -0.4 is 5.32 Å².